The number of ketones is 3. The van der Waals surface area contributed by atoms with Gasteiger partial charge in [-0.25, -0.2) is 0 Å². The third-order valence-corrected chi connectivity index (χ3v) is 5.08. The predicted molar refractivity (Wildman–Crippen MR) is 105 cm³/mol. The first-order valence-electron chi connectivity index (χ1n) is 9.14. The van der Waals surface area contributed by atoms with Crippen LogP contribution in [0, 0.1) is 0 Å². The van der Waals surface area contributed by atoms with Crippen LogP contribution in [0.3, 0.4) is 0 Å². The van der Waals surface area contributed by atoms with Crippen LogP contribution < -0.4 is 0 Å². The fourth-order valence-corrected chi connectivity index (χ4v) is 3.42. The molecule has 1 aromatic carbocycles. The zero-order valence-corrected chi connectivity index (χ0v) is 16.8. The van der Waals surface area contributed by atoms with Crippen molar-refractivity contribution < 1.29 is 28.3 Å². The maximum atomic E-state index is 12.6. The summed E-state index contributed by atoms with van der Waals surface area (Å²) in [4.78, 5) is 51.7. The Bertz CT molecular complexity index is 950. The van der Waals surface area contributed by atoms with Gasteiger partial charge in [0.15, 0.2) is 17.3 Å². The first-order valence-corrected chi connectivity index (χ1v) is 9.14. The van der Waals surface area contributed by atoms with E-state index in [1.54, 1.807) is 24.3 Å². The van der Waals surface area contributed by atoms with Crippen LogP contribution in [0.2, 0.25) is 0 Å². The van der Waals surface area contributed by atoms with E-state index in [4.69, 9.17) is 9.15 Å². The molecule has 1 aliphatic carbocycles. The predicted octanol–water partition coefficient (Wildman–Crippen LogP) is 2.69. The zero-order chi connectivity index (χ0) is 20.0. The van der Waals surface area contributed by atoms with E-state index in [2.05, 4.69) is 18.7 Å². The van der Waals surface area contributed by atoms with Crippen LogP contribution in [-0.2, 0) is 9.53 Å². The van der Waals surface area contributed by atoms with Crippen molar-refractivity contribution in [1.29, 1.82) is 0 Å². The Kier molecular flexibility index (Phi) is 5.73. The molecule has 2 aliphatic rings. The number of nitrogens with zero attached hydrogens (tertiary/aromatic N) is 1. The standard InChI is InChI=1S/C21H19NO6.ClH/c1-11(2)22-9-12(10-22)27-18(24)8-16(23)17-7-15-19(25)13-5-3-4-6-14(13)20(26)21(15)28-17;/h3-7,11-12H,8-10H2,1-2H3;1H. The van der Waals surface area contributed by atoms with E-state index in [1.165, 1.54) is 6.07 Å². The number of ether oxygens (including phenoxy) is 1. The number of likely N-dealkylation sites (tertiary alicyclic amines) is 1. The van der Waals surface area contributed by atoms with Gasteiger partial charge < -0.3 is 9.15 Å². The number of carbonyl (C=O) groups is 4. The lowest BCUT2D eigenvalue weighted by Gasteiger charge is -2.41. The average molecular weight is 418 g/mol. The number of hydrogen-bond acceptors (Lipinski definition) is 7. The number of rotatable bonds is 5. The van der Waals surface area contributed by atoms with Crippen LogP contribution in [0.15, 0.2) is 34.7 Å². The Morgan fingerprint density at radius 2 is 1.72 bits per heavy atom. The molecule has 1 fully saturated rings. The first kappa shape index (κ1) is 21.0. The third-order valence-electron chi connectivity index (χ3n) is 5.08. The van der Waals surface area contributed by atoms with Crippen LogP contribution in [0.5, 0.6) is 0 Å². The van der Waals surface area contributed by atoms with Gasteiger partial charge in [0.1, 0.15) is 12.5 Å². The molecule has 0 bridgehead atoms. The van der Waals surface area contributed by atoms with Crippen molar-refractivity contribution in [2.45, 2.75) is 32.4 Å². The Morgan fingerprint density at radius 1 is 1.10 bits per heavy atom. The summed E-state index contributed by atoms with van der Waals surface area (Å²) in [5.74, 6) is -2.44. The number of carbonyl (C=O) groups excluding carboxylic acids is 4. The van der Waals surface area contributed by atoms with Crippen molar-refractivity contribution in [3.8, 4) is 0 Å². The minimum absolute atomic E-state index is 0. The van der Waals surface area contributed by atoms with E-state index < -0.39 is 24.0 Å². The first-order chi connectivity index (χ1) is 13.3. The minimum Gasteiger partial charge on any atom is -0.459 e. The molecule has 0 amide bonds. The molecule has 1 saturated heterocycles. The van der Waals surface area contributed by atoms with E-state index in [-0.39, 0.29) is 52.5 Å². The fourth-order valence-electron chi connectivity index (χ4n) is 3.42. The highest BCUT2D eigenvalue weighted by atomic mass is 35.5. The second-order valence-electron chi connectivity index (χ2n) is 7.32. The summed E-state index contributed by atoms with van der Waals surface area (Å²) in [7, 11) is 0. The summed E-state index contributed by atoms with van der Waals surface area (Å²) in [5, 5.41) is 0. The molecule has 1 aliphatic heterocycles. The number of esters is 1. The van der Waals surface area contributed by atoms with Gasteiger partial charge in [-0.2, -0.15) is 0 Å². The maximum Gasteiger partial charge on any atom is 0.314 e. The van der Waals surface area contributed by atoms with E-state index in [9.17, 15) is 19.2 Å². The SMILES string of the molecule is CC(C)N1CC(OC(=O)CC(=O)c2cc3c(o2)C(=O)c2ccccc2C3=O)C1.Cl. The largest absolute Gasteiger partial charge is 0.459 e. The summed E-state index contributed by atoms with van der Waals surface area (Å²) in [5.41, 5.74) is 0.568. The molecular weight excluding hydrogens is 398 g/mol. The summed E-state index contributed by atoms with van der Waals surface area (Å²) in [6.07, 6.45) is -0.718. The van der Waals surface area contributed by atoms with E-state index >= 15 is 0 Å². The highest BCUT2D eigenvalue weighted by Gasteiger charge is 2.35. The molecule has 7 nitrogen and oxygen atoms in total. The number of Topliss-reactive ketones (excluding diaryl/α,β-unsaturated/α-hetero) is 1. The third kappa shape index (κ3) is 3.75. The zero-order valence-electron chi connectivity index (χ0n) is 16.0. The van der Waals surface area contributed by atoms with E-state index in [0.717, 1.165) is 0 Å². The lowest BCUT2D eigenvalue weighted by molar-refractivity contribution is -0.157. The normalized spacial score (nSPS) is 16.0. The number of hydrogen-bond donors (Lipinski definition) is 0. The van der Waals surface area contributed by atoms with Crippen LogP contribution in [-0.4, -0.2) is 53.5 Å². The molecule has 0 saturated carbocycles. The number of benzene rings is 1. The van der Waals surface area contributed by atoms with Gasteiger partial charge in [-0.15, -0.1) is 12.4 Å². The lowest BCUT2D eigenvalue weighted by Crippen LogP contribution is -2.55. The molecule has 2 heterocycles. The van der Waals surface area contributed by atoms with Gasteiger partial charge >= 0.3 is 5.97 Å². The van der Waals surface area contributed by atoms with Crippen LogP contribution >= 0.6 is 12.4 Å². The Labute approximate surface area is 173 Å². The van der Waals surface area contributed by atoms with Gasteiger partial charge in [0, 0.05) is 30.3 Å². The number of halogens is 1. The average Bonchev–Trinajstić information content (AvgIpc) is 3.08. The monoisotopic (exact) mass is 417 g/mol. The quantitative estimate of drug-likeness (QED) is 0.358. The van der Waals surface area contributed by atoms with Crippen molar-refractivity contribution in [3.05, 3.63) is 58.5 Å². The van der Waals surface area contributed by atoms with Crippen molar-refractivity contribution in [2.24, 2.45) is 0 Å². The summed E-state index contributed by atoms with van der Waals surface area (Å²) in [6, 6.07) is 8.04. The van der Waals surface area contributed by atoms with E-state index in [1.807, 2.05) is 0 Å². The van der Waals surface area contributed by atoms with Gasteiger partial charge in [-0.3, -0.25) is 24.1 Å². The molecule has 29 heavy (non-hydrogen) atoms. The Balaban J connectivity index is 0.00000240. The molecule has 0 radical (unpaired) electrons. The topological polar surface area (TPSA) is 93.9 Å². The smallest absolute Gasteiger partial charge is 0.314 e. The Morgan fingerprint density at radius 3 is 2.34 bits per heavy atom. The molecular formula is C21H20ClNO6. The van der Waals surface area contributed by atoms with Gasteiger partial charge in [-0.05, 0) is 19.9 Å². The molecule has 0 spiro atoms. The lowest BCUT2D eigenvalue weighted by atomic mass is 9.88. The molecule has 4 rings (SSSR count). The highest BCUT2D eigenvalue weighted by molar-refractivity contribution is 6.28. The molecule has 0 N–H and O–H groups in total. The summed E-state index contributed by atoms with van der Waals surface area (Å²) >= 11 is 0. The second-order valence-corrected chi connectivity index (χ2v) is 7.32. The van der Waals surface area contributed by atoms with Crippen LogP contribution in [0.25, 0.3) is 0 Å². The fraction of sp³-hybridized carbons (Fsp3) is 0.333. The van der Waals surface area contributed by atoms with Crippen molar-refractivity contribution in [1.82, 2.24) is 4.90 Å². The van der Waals surface area contributed by atoms with Gasteiger partial charge in [-0.1, -0.05) is 24.3 Å². The maximum absolute atomic E-state index is 12.6. The Hall–Kier alpha value is -2.77. The highest BCUT2D eigenvalue weighted by Crippen LogP contribution is 2.30. The molecule has 0 unspecified atom stereocenters. The van der Waals surface area contributed by atoms with Crippen molar-refractivity contribution in [3.63, 3.8) is 0 Å². The van der Waals surface area contributed by atoms with Crippen molar-refractivity contribution >= 4 is 35.7 Å². The van der Waals surface area contributed by atoms with Crippen LogP contribution in [0.4, 0.5) is 0 Å². The second kappa shape index (κ2) is 7.93. The molecule has 0 atom stereocenters. The van der Waals surface area contributed by atoms with Crippen molar-refractivity contribution in [2.75, 3.05) is 13.1 Å². The van der Waals surface area contributed by atoms with E-state index in [0.29, 0.717) is 19.1 Å². The summed E-state index contributed by atoms with van der Waals surface area (Å²) < 4.78 is 10.6. The molecule has 152 valence electrons. The van der Waals surface area contributed by atoms with Gasteiger partial charge in [0.2, 0.25) is 11.6 Å². The minimum atomic E-state index is -0.645. The molecule has 2 aromatic rings. The number of furan rings is 1. The number of fused-ring (bicyclic) bond motifs is 2. The van der Waals surface area contributed by atoms with Crippen LogP contribution in [0.1, 0.15) is 62.9 Å². The molecule has 8 heteroatoms. The van der Waals surface area contributed by atoms with Gasteiger partial charge in [0.25, 0.3) is 0 Å². The summed E-state index contributed by atoms with van der Waals surface area (Å²) in [6.45, 7) is 5.41. The molecule has 1 aromatic heterocycles. The van der Waals surface area contributed by atoms with Gasteiger partial charge in [0.05, 0.1) is 5.56 Å².